The van der Waals surface area contributed by atoms with Crippen molar-refractivity contribution in [3.8, 4) is 22.4 Å². The molecule has 0 saturated heterocycles. The predicted molar refractivity (Wildman–Crippen MR) is 144 cm³/mol. The van der Waals surface area contributed by atoms with Crippen molar-refractivity contribution in [2.75, 3.05) is 0 Å². The standard InChI is InChI=1S/C30H24N6O/c1-20-34-35-30-26-18-25(23-5-3-2-4-6-23)29(33-27(26)13-16-36(20)30)24-9-7-22(8-10-24)19-32-28(37)17-21-11-14-31-15-12-21/h2-16,18H,17,19H2,1H3,(H,32,37). The van der Waals surface area contributed by atoms with E-state index in [1.807, 2.05) is 66.1 Å². The number of pyridine rings is 3. The molecule has 6 aromatic rings. The van der Waals surface area contributed by atoms with Gasteiger partial charge in [0.2, 0.25) is 5.91 Å². The molecule has 0 unspecified atom stereocenters. The van der Waals surface area contributed by atoms with E-state index in [-0.39, 0.29) is 5.91 Å². The van der Waals surface area contributed by atoms with Crippen molar-refractivity contribution in [3.63, 3.8) is 0 Å². The van der Waals surface area contributed by atoms with Gasteiger partial charge in [0.1, 0.15) is 5.82 Å². The second-order valence-electron chi connectivity index (χ2n) is 8.95. The molecule has 7 heteroatoms. The first-order chi connectivity index (χ1) is 18.2. The van der Waals surface area contributed by atoms with Crippen LogP contribution in [-0.2, 0) is 17.8 Å². The van der Waals surface area contributed by atoms with E-state index >= 15 is 0 Å². The summed E-state index contributed by atoms with van der Waals surface area (Å²) in [6, 6.07) is 26.3. The van der Waals surface area contributed by atoms with Gasteiger partial charge in [-0.15, -0.1) is 10.2 Å². The Morgan fingerprint density at radius 1 is 0.865 bits per heavy atom. The minimum atomic E-state index is -0.0205. The number of carbonyl (C=O) groups excluding carboxylic acids is 1. The van der Waals surface area contributed by atoms with E-state index in [9.17, 15) is 4.79 Å². The van der Waals surface area contributed by atoms with Crippen LogP contribution in [-0.4, -0.2) is 30.5 Å². The predicted octanol–water partition coefficient (Wildman–Crippen LogP) is 5.17. The van der Waals surface area contributed by atoms with Gasteiger partial charge >= 0.3 is 0 Å². The fourth-order valence-electron chi connectivity index (χ4n) is 4.50. The molecule has 4 heterocycles. The van der Waals surface area contributed by atoms with Crippen molar-refractivity contribution in [1.29, 1.82) is 0 Å². The summed E-state index contributed by atoms with van der Waals surface area (Å²) in [6.45, 7) is 2.40. The average molecular weight is 485 g/mol. The number of aryl methyl sites for hydroxylation is 1. The molecular formula is C30H24N6O. The lowest BCUT2D eigenvalue weighted by molar-refractivity contribution is -0.120. The highest BCUT2D eigenvalue weighted by Crippen LogP contribution is 2.34. The van der Waals surface area contributed by atoms with E-state index in [1.165, 1.54) is 0 Å². The normalized spacial score (nSPS) is 11.2. The number of nitrogens with zero attached hydrogens (tertiary/aromatic N) is 5. The third-order valence-corrected chi connectivity index (χ3v) is 6.46. The number of carbonyl (C=O) groups is 1. The average Bonchev–Trinajstić information content (AvgIpc) is 3.33. The van der Waals surface area contributed by atoms with Crippen LogP contribution in [0.2, 0.25) is 0 Å². The van der Waals surface area contributed by atoms with E-state index < -0.39 is 0 Å². The molecule has 2 aromatic carbocycles. The van der Waals surface area contributed by atoms with Crippen molar-refractivity contribution in [3.05, 3.63) is 114 Å². The lowest BCUT2D eigenvalue weighted by Crippen LogP contribution is -2.24. The van der Waals surface area contributed by atoms with Gasteiger partial charge in [0.05, 0.1) is 17.6 Å². The molecule has 37 heavy (non-hydrogen) atoms. The van der Waals surface area contributed by atoms with Gasteiger partial charge in [-0.1, -0.05) is 54.6 Å². The summed E-state index contributed by atoms with van der Waals surface area (Å²) in [6.07, 6.45) is 5.69. The molecule has 0 fully saturated rings. The Bertz CT molecular complexity index is 1710. The number of hydrogen-bond acceptors (Lipinski definition) is 5. The fraction of sp³-hybridized carbons (Fsp3) is 0.100. The van der Waals surface area contributed by atoms with Crippen LogP contribution in [0, 0.1) is 6.92 Å². The maximum atomic E-state index is 12.3. The zero-order valence-electron chi connectivity index (χ0n) is 20.3. The first-order valence-electron chi connectivity index (χ1n) is 12.1. The Morgan fingerprint density at radius 2 is 1.65 bits per heavy atom. The van der Waals surface area contributed by atoms with Crippen LogP contribution < -0.4 is 5.32 Å². The minimum Gasteiger partial charge on any atom is -0.352 e. The molecule has 4 aromatic heterocycles. The third kappa shape index (κ3) is 4.54. The molecule has 1 amide bonds. The molecule has 0 bridgehead atoms. The molecule has 0 aliphatic heterocycles. The number of fused-ring (bicyclic) bond motifs is 3. The highest BCUT2D eigenvalue weighted by atomic mass is 16.1. The van der Waals surface area contributed by atoms with Crippen LogP contribution in [0.3, 0.4) is 0 Å². The van der Waals surface area contributed by atoms with E-state index in [4.69, 9.17) is 4.98 Å². The molecule has 0 saturated carbocycles. The van der Waals surface area contributed by atoms with Gasteiger partial charge in [-0.05, 0) is 47.9 Å². The minimum absolute atomic E-state index is 0.0205. The highest BCUT2D eigenvalue weighted by molar-refractivity contribution is 5.98. The summed E-state index contributed by atoms with van der Waals surface area (Å²) in [5.41, 5.74) is 7.63. The van der Waals surface area contributed by atoms with Gasteiger partial charge in [0, 0.05) is 41.6 Å². The topological polar surface area (TPSA) is 85.1 Å². The zero-order valence-corrected chi connectivity index (χ0v) is 20.3. The smallest absolute Gasteiger partial charge is 0.224 e. The summed E-state index contributed by atoms with van der Waals surface area (Å²) in [4.78, 5) is 21.4. The maximum absolute atomic E-state index is 12.3. The first-order valence-corrected chi connectivity index (χ1v) is 12.1. The monoisotopic (exact) mass is 484 g/mol. The largest absolute Gasteiger partial charge is 0.352 e. The van der Waals surface area contributed by atoms with Gasteiger partial charge < -0.3 is 5.32 Å². The molecule has 180 valence electrons. The van der Waals surface area contributed by atoms with Crippen molar-refractivity contribution >= 4 is 22.5 Å². The number of amides is 1. The SMILES string of the molecule is Cc1nnc2c3cc(-c4ccccc4)c(-c4ccc(CNC(=O)Cc5ccncc5)cc4)nc3ccn12. The molecule has 7 nitrogen and oxygen atoms in total. The van der Waals surface area contributed by atoms with Gasteiger partial charge in [-0.3, -0.25) is 14.2 Å². The van der Waals surface area contributed by atoms with Crippen LogP contribution in [0.4, 0.5) is 0 Å². The van der Waals surface area contributed by atoms with Gasteiger partial charge in [0.25, 0.3) is 0 Å². The summed E-state index contributed by atoms with van der Waals surface area (Å²) in [5, 5.41) is 12.6. The Kier molecular flexibility index (Phi) is 5.86. The second-order valence-corrected chi connectivity index (χ2v) is 8.95. The lowest BCUT2D eigenvalue weighted by Gasteiger charge is -2.13. The summed E-state index contributed by atoms with van der Waals surface area (Å²) in [7, 11) is 0. The zero-order chi connectivity index (χ0) is 25.2. The highest BCUT2D eigenvalue weighted by Gasteiger charge is 2.15. The van der Waals surface area contributed by atoms with E-state index in [0.29, 0.717) is 13.0 Å². The van der Waals surface area contributed by atoms with Crippen LogP contribution in [0.25, 0.3) is 38.9 Å². The Balaban J connectivity index is 1.32. The van der Waals surface area contributed by atoms with E-state index in [0.717, 1.165) is 55.9 Å². The molecule has 0 aliphatic carbocycles. The van der Waals surface area contributed by atoms with Crippen molar-refractivity contribution in [2.24, 2.45) is 0 Å². The molecule has 0 spiro atoms. The number of rotatable bonds is 6. The Labute approximate surface area is 213 Å². The molecule has 6 rings (SSSR count). The Morgan fingerprint density at radius 3 is 2.43 bits per heavy atom. The second kappa shape index (κ2) is 9.62. The van der Waals surface area contributed by atoms with Crippen LogP contribution in [0.5, 0.6) is 0 Å². The van der Waals surface area contributed by atoms with Gasteiger partial charge in [-0.25, -0.2) is 4.98 Å². The summed E-state index contributed by atoms with van der Waals surface area (Å²) >= 11 is 0. The number of nitrogens with one attached hydrogen (secondary N) is 1. The number of benzene rings is 2. The molecule has 0 atom stereocenters. The van der Waals surface area contributed by atoms with Gasteiger partial charge in [0.15, 0.2) is 5.65 Å². The molecule has 1 N–H and O–H groups in total. The lowest BCUT2D eigenvalue weighted by atomic mass is 9.97. The number of aromatic nitrogens is 5. The third-order valence-electron chi connectivity index (χ3n) is 6.46. The van der Waals surface area contributed by atoms with Crippen molar-refractivity contribution < 1.29 is 4.79 Å². The quantitative estimate of drug-likeness (QED) is 0.352. The summed E-state index contributed by atoms with van der Waals surface area (Å²) in [5.74, 6) is 0.818. The van der Waals surface area contributed by atoms with Crippen LogP contribution in [0.15, 0.2) is 97.5 Å². The van der Waals surface area contributed by atoms with Crippen molar-refractivity contribution in [1.82, 2.24) is 29.9 Å². The van der Waals surface area contributed by atoms with Crippen LogP contribution in [0.1, 0.15) is 17.0 Å². The molecular weight excluding hydrogens is 460 g/mol. The van der Waals surface area contributed by atoms with E-state index in [1.54, 1.807) is 12.4 Å². The van der Waals surface area contributed by atoms with Gasteiger partial charge in [-0.2, -0.15) is 0 Å². The molecule has 0 radical (unpaired) electrons. The van der Waals surface area contributed by atoms with Crippen LogP contribution >= 0.6 is 0 Å². The first kappa shape index (κ1) is 22.5. The van der Waals surface area contributed by atoms with E-state index in [2.05, 4.69) is 50.8 Å². The maximum Gasteiger partial charge on any atom is 0.224 e. The Hall–Kier alpha value is -4.91. The summed E-state index contributed by atoms with van der Waals surface area (Å²) < 4.78 is 1.98. The number of hydrogen-bond donors (Lipinski definition) is 1. The molecule has 0 aliphatic rings. The van der Waals surface area contributed by atoms with Crippen molar-refractivity contribution in [2.45, 2.75) is 19.9 Å². The fourth-order valence-corrected chi connectivity index (χ4v) is 4.50.